The zero-order valence-corrected chi connectivity index (χ0v) is 15.6. The van der Waals surface area contributed by atoms with Crippen molar-refractivity contribution >= 4 is 0 Å². The largest absolute Gasteiger partial charge is 0.399 e. The molecule has 2 atom stereocenters. The predicted octanol–water partition coefficient (Wildman–Crippen LogP) is 2.04. The van der Waals surface area contributed by atoms with Crippen molar-refractivity contribution in [2.45, 2.75) is 12.8 Å². The molecule has 0 radical (unpaired) electrons. The summed E-state index contributed by atoms with van der Waals surface area (Å²) in [5.74, 6) is -0.521. The maximum atomic E-state index is 9.88. The van der Waals surface area contributed by atoms with Gasteiger partial charge in [-0.25, -0.2) is 0 Å². The Bertz CT molecular complexity index is 853. The van der Waals surface area contributed by atoms with E-state index in [2.05, 4.69) is 23.1 Å². The molecule has 6 heteroatoms. The minimum absolute atomic E-state index is 0.0795. The Morgan fingerprint density at radius 3 is 2.33 bits per heavy atom. The number of aliphatic hydroxyl groups excluding tert-OH is 1. The molecule has 0 saturated heterocycles. The van der Waals surface area contributed by atoms with Gasteiger partial charge in [0.15, 0.2) is 5.41 Å². The van der Waals surface area contributed by atoms with Crippen molar-refractivity contribution in [3.8, 4) is 18.2 Å². The minimum atomic E-state index is -1.54. The van der Waals surface area contributed by atoms with Crippen LogP contribution in [0.15, 0.2) is 53.3 Å². The van der Waals surface area contributed by atoms with Gasteiger partial charge < -0.3 is 15.7 Å². The van der Waals surface area contributed by atoms with Gasteiger partial charge in [0.1, 0.15) is 6.07 Å². The number of hydrogen-bond donors (Lipinski definition) is 2. The van der Waals surface area contributed by atoms with Crippen LogP contribution < -0.4 is 5.73 Å². The smallest absolute Gasteiger partial charge is 0.191 e. The van der Waals surface area contributed by atoms with Crippen molar-refractivity contribution in [1.29, 1.82) is 15.8 Å². The fourth-order valence-electron chi connectivity index (χ4n) is 3.86. The molecule has 1 aliphatic heterocycles. The molecule has 1 aliphatic carbocycles. The summed E-state index contributed by atoms with van der Waals surface area (Å²) in [6.45, 7) is 3.33. The number of nitriles is 3. The molecule has 3 N–H and O–H groups in total. The summed E-state index contributed by atoms with van der Waals surface area (Å²) in [5, 5.41) is 36.9. The van der Waals surface area contributed by atoms with E-state index < -0.39 is 11.3 Å². The molecule has 2 aliphatic rings. The first-order chi connectivity index (χ1) is 13.0. The Labute approximate surface area is 160 Å². The van der Waals surface area contributed by atoms with E-state index in [-0.39, 0.29) is 18.2 Å². The molecule has 1 aromatic rings. The number of nitrogens with two attached hydrogens (primary N) is 1. The first-order valence-electron chi connectivity index (χ1n) is 8.78. The predicted molar refractivity (Wildman–Crippen MR) is 101 cm³/mol. The first kappa shape index (κ1) is 20.2. The molecular formula is C21H23N5O. The third-order valence-corrected chi connectivity index (χ3v) is 5.01. The van der Waals surface area contributed by atoms with Crippen LogP contribution in [0.2, 0.25) is 0 Å². The number of benzene rings is 1. The Kier molecular flexibility index (Phi) is 6.37. The van der Waals surface area contributed by atoms with Gasteiger partial charge in [0, 0.05) is 31.5 Å². The van der Waals surface area contributed by atoms with Crippen LogP contribution in [0.1, 0.15) is 18.4 Å². The van der Waals surface area contributed by atoms with E-state index in [1.807, 2.05) is 43.5 Å². The van der Waals surface area contributed by atoms with E-state index in [0.29, 0.717) is 12.1 Å². The van der Waals surface area contributed by atoms with Crippen molar-refractivity contribution < 1.29 is 5.11 Å². The van der Waals surface area contributed by atoms with Gasteiger partial charge >= 0.3 is 0 Å². The molecule has 27 heavy (non-hydrogen) atoms. The number of hydrogen-bond acceptors (Lipinski definition) is 6. The van der Waals surface area contributed by atoms with Crippen LogP contribution in [0, 0.1) is 45.3 Å². The van der Waals surface area contributed by atoms with Gasteiger partial charge in [-0.05, 0) is 25.1 Å². The fraction of sp³-hybridized carbons (Fsp3) is 0.381. The highest BCUT2D eigenvalue weighted by Crippen LogP contribution is 2.53. The van der Waals surface area contributed by atoms with E-state index in [0.717, 1.165) is 17.7 Å². The zero-order chi connectivity index (χ0) is 20.0. The Balaban J connectivity index is 0.000000817. The lowest BCUT2D eigenvalue weighted by Gasteiger charge is -2.45. The summed E-state index contributed by atoms with van der Waals surface area (Å²) in [4.78, 5) is 2.13. The van der Waals surface area contributed by atoms with Gasteiger partial charge in [0.2, 0.25) is 0 Å². The summed E-state index contributed by atoms with van der Waals surface area (Å²) >= 11 is 0. The van der Waals surface area contributed by atoms with Crippen molar-refractivity contribution in [1.82, 2.24) is 4.90 Å². The molecule has 0 amide bonds. The fourth-order valence-corrected chi connectivity index (χ4v) is 3.86. The molecule has 138 valence electrons. The van der Waals surface area contributed by atoms with Crippen LogP contribution in [0.5, 0.6) is 0 Å². The molecule has 1 heterocycles. The van der Waals surface area contributed by atoms with Crippen LogP contribution in [0.3, 0.4) is 0 Å². The Morgan fingerprint density at radius 1 is 1.22 bits per heavy atom. The van der Waals surface area contributed by atoms with Crippen molar-refractivity contribution in [3.63, 3.8) is 0 Å². The van der Waals surface area contributed by atoms with E-state index >= 15 is 0 Å². The van der Waals surface area contributed by atoms with Crippen LogP contribution >= 0.6 is 0 Å². The van der Waals surface area contributed by atoms with Gasteiger partial charge in [-0.3, -0.25) is 0 Å². The number of nitrogens with zero attached hydrogens (tertiary/aromatic N) is 4. The second-order valence-corrected chi connectivity index (χ2v) is 6.62. The summed E-state index contributed by atoms with van der Waals surface area (Å²) < 4.78 is 0. The summed E-state index contributed by atoms with van der Waals surface area (Å²) in [5.41, 5.74) is 6.82. The Morgan fingerprint density at radius 2 is 1.81 bits per heavy atom. The third-order valence-electron chi connectivity index (χ3n) is 5.01. The topological polar surface area (TPSA) is 121 Å². The summed E-state index contributed by atoms with van der Waals surface area (Å²) in [6.07, 6.45) is 1.99. The van der Waals surface area contributed by atoms with Crippen LogP contribution in [-0.4, -0.2) is 36.8 Å². The molecular weight excluding hydrogens is 338 g/mol. The van der Waals surface area contributed by atoms with Crippen LogP contribution in [0.25, 0.3) is 0 Å². The van der Waals surface area contributed by atoms with Crippen molar-refractivity contribution in [2.75, 3.05) is 26.7 Å². The minimum Gasteiger partial charge on any atom is -0.399 e. The second-order valence-electron chi connectivity index (χ2n) is 6.62. The average Bonchev–Trinajstić information content (AvgIpc) is 2.69. The monoisotopic (exact) mass is 361 g/mol. The maximum Gasteiger partial charge on any atom is 0.191 e. The van der Waals surface area contributed by atoms with E-state index in [4.69, 9.17) is 10.8 Å². The standard InChI is InChI=1S/C19H17N5.C2H6O/c1-24-8-7-14-15(9-20)18(23)19(11-21,12-22)17(16(14)10-24)13-5-3-2-4-6-13;1-2-3/h2-7,16-17H,8,10,23H2,1H3;3H,2H2,1H3. The van der Waals surface area contributed by atoms with Gasteiger partial charge in [-0.1, -0.05) is 36.4 Å². The highest BCUT2D eigenvalue weighted by molar-refractivity contribution is 5.59. The summed E-state index contributed by atoms with van der Waals surface area (Å²) in [6, 6.07) is 15.9. The second kappa shape index (κ2) is 8.52. The van der Waals surface area contributed by atoms with Gasteiger partial charge in [0.25, 0.3) is 0 Å². The molecule has 0 fully saturated rings. The SMILES string of the molecule is CCO.CN1CC=C2C(C#N)=C(N)C(C#N)(C#N)C(c3ccccc3)C2C1. The highest BCUT2D eigenvalue weighted by atomic mass is 16.2. The number of fused-ring (bicyclic) bond motifs is 1. The molecule has 1 aromatic carbocycles. The molecule has 0 aromatic heterocycles. The van der Waals surface area contributed by atoms with Gasteiger partial charge in [-0.15, -0.1) is 0 Å². The first-order valence-corrected chi connectivity index (χ1v) is 8.78. The summed E-state index contributed by atoms with van der Waals surface area (Å²) in [7, 11) is 1.99. The number of likely N-dealkylation sites (N-methyl/N-ethyl adjacent to an activating group) is 1. The quantitative estimate of drug-likeness (QED) is 0.789. The average molecular weight is 361 g/mol. The molecule has 6 nitrogen and oxygen atoms in total. The molecule has 2 unspecified atom stereocenters. The van der Waals surface area contributed by atoms with Crippen molar-refractivity contribution in [3.05, 3.63) is 58.8 Å². The lowest BCUT2D eigenvalue weighted by atomic mass is 9.58. The number of rotatable bonds is 1. The normalized spacial score (nSPS) is 23.5. The highest BCUT2D eigenvalue weighted by Gasteiger charge is 2.54. The van der Waals surface area contributed by atoms with E-state index in [9.17, 15) is 15.8 Å². The molecule has 0 spiro atoms. The zero-order valence-electron chi connectivity index (χ0n) is 15.6. The van der Waals surface area contributed by atoms with E-state index in [1.165, 1.54) is 0 Å². The van der Waals surface area contributed by atoms with Crippen LogP contribution in [-0.2, 0) is 0 Å². The maximum absolute atomic E-state index is 9.88. The van der Waals surface area contributed by atoms with Crippen molar-refractivity contribution in [2.24, 2.45) is 17.1 Å². The van der Waals surface area contributed by atoms with Gasteiger partial charge in [-0.2, -0.15) is 15.8 Å². The van der Waals surface area contributed by atoms with Gasteiger partial charge in [0.05, 0.1) is 23.4 Å². The van der Waals surface area contributed by atoms with Crippen LogP contribution in [0.4, 0.5) is 0 Å². The molecule has 0 saturated carbocycles. The Hall–Kier alpha value is -3.11. The number of aliphatic hydroxyl groups is 1. The molecule has 3 rings (SSSR count). The third kappa shape index (κ3) is 3.44. The lowest BCUT2D eigenvalue weighted by molar-refractivity contribution is 0.237. The molecule has 0 bridgehead atoms. The number of allylic oxidation sites excluding steroid dienone is 2. The lowest BCUT2D eigenvalue weighted by Crippen LogP contribution is -2.47. The van der Waals surface area contributed by atoms with E-state index in [1.54, 1.807) is 6.92 Å².